The number of rotatable bonds is 4. The molecule has 0 spiro atoms. The highest BCUT2D eigenvalue weighted by molar-refractivity contribution is 7.92. The van der Waals surface area contributed by atoms with Crippen LogP contribution in [0.4, 0.5) is 5.69 Å². The molecule has 2 aromatic carbocycles. The van der Waals surface area contributed by atoms with E-state index in [0.717, 1.165) is 5.56 Å². The lowest BCUT2D eigenvalue weighted by molar-refractivity contribution is 0.601. The van der Waals surface area contributed by atoms with Crippen molar-refractivity contribution in [2.45, 2.75) is 11.8 Å². The SMILES string of the molecule is Cc1ccc(NS(=O)(=O)c2ccc(C(N)=S)cc2)cc1. The van der Waals surface area contributed by atoms with E-state index < -0.39 is 10.0 Å². The lowest BCUT2D eigenvalue weighted by Gasteiger charge is -2.09. The van der Waals surface area contributed by atoms with Crippen LogP contribution in [0.2, 0.25) is 0 Å². The fraction of sp³-hybridized carbons (Fsp3) is 0.0714. The first-order valence-electron chi connectivity index (χ1n) is 5.88. The van der Waals surface area contributed by atoms with E-state index in [2.05, 4.69) is 4.72 Å². The molecule has 2 aromatic rings. The van der Waals surface area contributed by atoms with Crippen molar-refractivity contribution < 1.29 is 8.42 Å². The average molecular weight is 306 g/mol. The maximum atomic E-state index is 12.2. The second kappa shape index (κ2) is 5.60. The normalized spacial score (nSPS) is 11.1. The average Bonchev–Trinajstić information content (AvgIpc) is 2.41. The summed E-state index contributed by atoms with van der Waals surface area (Å²) in [5.74, 6) is 0. The molecule has 0 unspecified atom stereocenters. The molecule has 0 saturated carbocycles. The standard InChI is InChI=1S/C14H14N2O2S2/c1-10-2-6-12(7-3-10)16-20(17,18)13-8-4-11(5-9-13)14(15)19/h2-9,16H,1H3,(H2,15,19). The van der Waals surface area contributed by atoms with E-state index in [1.165, 1.54) is 12.1 Å². The Balaban J connectivity index is 2.26. The summed E-state index contributed by atoms with van der Waals surface area (Å²) in [4.78, 5) is 0.401. The number of hydrogen-bond acceptors (Lipinski definition) is 3. The molecule has 0 atom stereocenters. The van der Waals surface area contributed by atoms with Crippen LogP contribution in [-0.4, -0.2) is 13.4 Å². The monoisotopic (exact) mass is 306 g/mol. The summed E-state index contributed by atoms with van der Waals surface area (Å²) in [7, 11) is -3.60. The maximum Gasteiger partial charge on any atom is 0.261 e. The lowest BCUT2D eigenvalue weighted by Crippen LogP contribution is -2.14. The Morgan fingerprint density at radius 3 is 2.10 bits per heavy atom. The van der Waals surface area contributed by atoms with E-state index in [1.54, 1.807) is 24.3 Å². The van der Waals surface area contributed by atoms with Crippen LogP contribution in [0.25, 0.3) is 0 Å². The first kappa shape index (κ1) is 14.5. The van der Waals surface area contributed by atoms with Crippen molar-refractivity contribution >= 4 is 32.9 Å². The molecule has 104 valence electrons. The molecule has 0 bridgehead atoms. The van der Waals surface area contributed by atoms with Gasteiger partial charge in [0.15, 0.2) is 0 Å². The molecule has 0 radical (unpaired) electrons. The molecule has 20 heavy (non-hydrogen) atoms. The van der Waals surface area contributed by atoms with E-state index in [9.17, 15) is 8.42 Å². The Labute approximate surface area is 123 Å². The Morgan fingerprint density at radius 2 is 1.60 bits per heavy atom. The van der Waals surface area contributed by atoms with Crippen molar-refractivity contribution in [3.63, 3.8) is 0 Å². The summed E-state index contributed by atoms with van der Waals surface area (Å²) in [6.07, 6.45) is 0. The number of anilines is 1. The van der Waals surface area contributed by atoms with Gasteiger partial charge in [-0.15, -0.1) is 0 Å². The fourth-order valence-electron chi connectivity index (χ4n) is 1.63. The molecular weight excluding hydrogens is 292 g/mol. The van der Waals surface area contributed by atoms with Crippen molar-refractivity contribution in [2.75, 3.05) is 4.72 Å². The number of nitrogens with two attached hydrogens (primary N) is 1. The summed E-state index contributed by atoms with van der Waals surface area (Å²) < 4.78 is 26.9. The molecule has 0 amide bonds. The maximum absolute atomic E-state index is 12.2. The van der Waals surface area contributed by atoms with Crippen LogP contribution in [0.5, 0.6) is 0 Å². The number of aryl methyl sites for hydroxylation is 1. The molecule has 3 N–H and O–H groups in total. The number of sulfonamides is 1. The molecule has 0 aliphatic heterocycles. The summed E-state index contributed by atoms with van der Waals surface area (Å²) >= 11 is 4.83. The van der Waals surface area contributed by atoms with Gasteiger partial charge in [-0.05, 0) is 31.2 Å². The van der Waals surface area contributed by atoms with Gasteiger partial charge in [-0.2, -0.15) is 0 Å². The zero-order chi connectivity index (χ0) is 14.8. The summed E-state index contributed by atoms with van der Waals surface area (Å²) in [6, 6.07) is 13.3. The highest BCUT2D eigenvalue weighted by Gasteiger charge is 2.14. The number of hydrogen-bond donors (Lipinski definition) is 2. The Morgan fingerprint density at radius 1 is 1.05 bits per heavy atom. The number of thiocarbonyl (C=S) groups is 1. The van der Waals surface area contributed by atoms with Crippen LogP contribution >= 0.6 is 12.2 Å². The van der Waals surface area contributed by atoms with E-state index in [1.807, 2.05) is 19.1 Å². The first-order valence-corrected chi connectivity index (χ1v) is 7.77. The van der Waals surface area contributed by atoms with Gasteiger partial charge in [-0.3, -0.25) is 4.72 Å². The number of benzene rings is 2. The van der Waals surface area contributed by atoms with Crippen LogP contribution < -0.4 is 10.5 Å². The van der Waals surface area contributed by atoms with Gasteiger partial charge >= 0.3 is 0 Å². The van der Waals surface area contributed by atoms with Gasteiger partial charge in [0.05, 0.1) is 4.90 Å². The molecule has 0 aliphatic rings. The summed E-state index contributed by atoms with van der Waals surface area (Å²) in [6.45, 7) is 1.94. The summed E-state index contributed by atoms with van der Waals surface area (Å²) in [5, 5.41) is 0. The second-order valence-corrected chi connectivity index (χ2v) is 6.48. The molecule has 0 heterocycles. The van der Waals surface area contributed by atoms with Crippen LogP contribution in [0.1, 0.15) is 11.1 Å². The van der Waals surface area contributed by atoms with Gasteiger partial charge in [-0.25, -0.2) is 8.42 Å². The molecule has 0 saturated heterocycles. The molecule has 2 rings (SSSR count). The van der Waals surface area contributed by atoms with Crippen LogP contribution in [0.15, 0.2) is 53.4 Å². The first-order chi connectivity index (χ1) is 9.38. The molecule has 4 nitrogen and oxygen atoms in total. The van der Waals surface area contributed by atoms with E-state index in [-0.39, 0.29) is 9.88 Å². The third kappa shape index (κ3) is 3.34. The molecule has 0 aliphatic carbocycles. The topological polar surface area (TPSA) is 72.2 Å². The van der Waals surface area contributed by atoms with Gasteiger partial charge in [-0.1, -0.05) is 42.0 Å². The predicted octanol–water partition coefficient (Wildman–Crippen LogP) is 2.43. The van der Waals surface area contributed by atoms with Gasteiger partial charge < -0.3 is 5.73 Å². The molecule has 0 fully saturated rings. The van der Waals surface area contributed by atoms with Crippen molar-refractivity contribution in [1.82, 2.24) is 0 Å². The van der Waals surface area contributed by atoms with Gasteiger partial charge in [0.2, 0.25) is 0 Å². The van der Waals surface area contributed by atoms with Crippen LogP contribution in [-0.2, 0) is 10.0 Å². The number of nitrogens with one attached hydrogen (secondary N) is 1. The predicted molar refractivity (Wildman–Crippen MR) is 84.3 cm³/mol. The van der Waals surface area contributed by atoms with Crippen LogP contribution in [0.3, 0.4) is 0 Å². The summed E-state index contributed by atoms with van der Waals surface area (Å²) in [5.41, 5.74) is 7.70. The lowest BCUT2D eigenvalue weighted by atomic mass is 10.2. The quantitative estimate of drug-likeness (QED) is 0.851. The smallest absolute Gasteiger partial charge is 0.261 e. The Bertz CT molecular complexity index is 721. The van der Waals surface area contributed by atoms with Crippen molar-refractivity contribution in [2.24, 2.45) is 5.73 Å². The third-order valence-electron chi connectivity index (χ3n) is 2.75. The Hall–Kier alpha value is -1.92. The van der Waals surface area contributed by atoms with Crippen molar-refractivity contribution in [3.05, 3.63) is 59.7 Å². The minimum atomic E-state index is -3.60. The van der Waals surface area contributed by atoms with Gasteiger partial charge in [0.1, 0.15) is 4.99 Å². The van der Waals surface area contributed by atoms with Gasteiger partial charge in [0.25, 0.3) is 10.0 Å². The minimum Gasteiger partial charge on any atom is -0.389 e. The van der Waals surface area contributed by atoms with Crippen LogP contribution in [0, 0.1) is 6.92 Å². The zero-order valence-electron chi connectivity index (χ0n) is 10.8. The van der Waals surface area contributed by atoms with Gasteiger partial charge in [0, 0.05) is 11.3 Å². The molecule has 0 aromatic heterocycles. The Kier molecular flexibility index (Phi) is 4.06. The molecule has 6 heteroatoms. The highest BCUT2D eigenvalue weighted by Crippen LogP contribution is 2.17. The zero-order valence-corrected chi connectivity index (χ0v) is 12.5. The largest absolute Gasteiger partial charge is 0.389 e. The van der Waals surface area contributed by atoms with Crippen molar-refractivity contribution in [3.8, 4) is 0 Å². The van der Waals surface area contributed by atoms with Crippen molar-refractivity contribution in [1.29, 1.82) is 0 Å². The fourth-order valence-corrected chi connectivity index (χ4v) is 2.83. The van der Waals surface area contributed by atoms with E-state index in [4.69, 9.17) is 18.0 Å². The molecular formula is C14H14N2O2S2. The van der Waals surface area contributed by atoms with E-state index >= 15 is 0 Å². The van der Waals surface area contributed by atoms with E-state index in [0.29, 0.717) is 11.3 Å². The third-order valence-corrected chi connectivity index (χ3v) is 4.39. The minimum absolute atomic E-state index is 0.165. The highest BCUT2D eigenvalue weighted by atomic mass is 32.2. The second-order valence-electron chi connectivity index (χ2n) is 4.36.